The van der Waals surface area contributed by atoms with Crippen LogP contribution < -0.4 is 0 Å². The zero-order valence-corrected chi connectivity index (χ0v) is 15.3. The molecule has 2 fully saturated rings. The minimum Gasteiger partial charge on any atom is -0.343 e. The van der Waals surface area contributed by atoms with Crippen LogP contribution in [0.1, 0.15) is 64.0 Å². The molecule has 0 N–H and O–H groups in total. The highest BCUT2D eigenvalue weighted by atomic mass is 16.2. The minimum absolute atomic E-state index is 0.378. The van der Waals surface area contributed by atoms with Crippen molar-refractivity contribution in [1.82, 2.24) is 19.6 Å². The summed E-state index contributed by atoms with van der Waals surface area (Å²) in [6.45, 7) is 9.56. The fraction of sp³-hybridized carbons (Fsp3) is 0.789. The Hall–Kier alpha value is -1.36. The van der Waals surface area contributed by atoms with Crippen molar-refractivity contribution in [3.8, 4) is 0 Å². The van der Waals surface area contributed by atoms with Gasteiger partial charge in [-0.05, 0) is 58.4 Å². The standard InChI is InChI=1S/C19H32N4O/c1-16(2)23-15-18(12-20-23)14-21-9-5-6-17(13-21)7-8-19(24)22-10-3-4-11-22/h12,15-17H,3-11,13-14H2,1-2H3. The van der Waals surface area contributed by atoms with E-state index in [2.05, 4.69) is 34.9 Å². The van der Waals surface area contributed by atoms with Crippen molar-refractivity contribution in [3.05, 3.63) is 18.0 Å². The summed E-state index contributed by atoms with van der Waals surface area (Å²) in [7, 11) is 0. The second-order valence-corrected chi connectivity index (χ2v) is 7.79. The first-order chi connectivity index (χ1) is 11.6. The molecule has 0 bridgehead atoms. The number of nitrogens with zero attached hydrogens (tertiary/aromatic N) is 4. The lowest BCUT2D eigenvalue weighted by Gasteiger charge is -2.32. The van der Waals surface area contributed by atoms with Gasteiger partial charge < -0.3 is 4.90 Å². The molecule has 1 amide bonds. The summed E-state index contributed by atoms with van der Waals surface area (Å²) >= 11 is 0. The molecule has 1 aromatic heterocycles. The molecule has 1 aromatic rings. The van der Waals surface area contributed by atoms with Crippen LogP contribution >= 0.6 is 0 Å². The molecule has 5 nitrogen and oxygen atoms in total. The summed E-state index contributed by atoms with van der Waals surface area (Å²) in [5.74, 6) is 1.05. The van der Waals surface area contributed by atoms with Crippen molar-refractivity contribution < 1.29 is 4.79 Å². The van der Waals surface area contributed by atoms with E-state index in [4.69, 9.17) is 0 Å². The van der Waals surface area contributed by atoms with Crippen molar-refractivity contribution in [2.45, 2.75) is 65.0 Å². The van der Waals surface area contributed by atoms with E-state index in [1.807, 2.05) is 10.9 Å². The molecule has 0 spiro atoms. The van der Waals surface area contributed by atoms with E-state index < -0.39 is 0 Å². The average Bonchev–Trinajstić information content (AvgIpc) is 3.24. The first-order valence-electron chi connectivity index (χ1n) is 9.65. The number of carbonyl (C=O) groups excluding carboxylic acids is 1. The lowest BCUT2D eigenvalue weighted by atomic mass is 9.93. The van der Waals surface area contributed by atoms with Crippen LogP contribution in [0.2, 0.25) is 0 Å². The molecule has 1 unspecified atom stereocenters. The maximum atomic E-state index is 12.2. The zero-order valence-electron chi connectivity index (χ0n) is 15.3. The summed E-state index contributed by atoms with van der Waals surface area (Å²) in [4.78, 5) is 16.8. The zero-order chi connectivity index (χ0) is 16.9. The van der Waals surface area contributed by atoms with Gasteiger partial charge in [0.05, 0.1) is 6.20 Å². The summed E-state index contributed by atoms with van der Waals surface area (Å²) in [6.07, 6.45) is 10.9. The summed E-state index contributed by atoms with van der Waals surface area (Å²) in [6, 6.07) is 0.421. The third kappa shape index (κ3) is 4.59. The van der Waals surface area contributed by atoms with Crippen LogP contribution in [0.25, 0.3) is 0 Å². The molecule has 0 saturated carbocycles. The molecule has 5 heteroatoms. The third-order valence-corrected chi connectivity index (χ3v) is 5.42. The predicted octanol–water partition coefficient (Wildman–Crippen LogP) is 3.08. The molecule has 24 heavy (non-hydrogen) atoms. The van der Waals surface area contributed by atoms with E-state index in [9.17, 15) is 4.79 Å². The number of rotatable bonds is 6. The van der Waals surface area contributed by atoms with Gasteiger partial charge in [0.1, 0.15) is 0 Å². The Labute approximate surface area is 146 Å². The topological polar surface area (TPSA) is 41.4 Å². The third-order valence-electron chi connectivity index (χ3n) is 5.42. The van der Waals surface area contributed by atoms with Gasteiger partial charge in [0, 0.05) is 50.4 Å². The number of amides is 1. The maximum absolute atomic E-state index is 12.2. The Bertz CT molecular complexity index is 533. The van der Waals surface area contributed by atoms with Gasteiger partial charge in [-0.15, -0.1) is 0 Å². The number of carbonyl (C=O) groups is 1. The number of hydrogen-bond acceptors (Lipinski definition) is 3. The van der Waals surface area contributed by atoms with Gasteiger partial charge in [-0.1, -0.05) is 0 Å². The lowest BCUT2D eigenvalue weighted by molar-refractivity contribution is -0.130. The first kappa shape index (κ1) is 17.5. The van der Waals surface area contributed by atoms with Crippen LogP contribution in [-0.4, -0.2) is 51.7 Å². The molecule has 2 saturated heterocycles. The highest BCUT2D eigenvalue weighted by molar-refractivity contribution is 5.76. The van der Waals surface area contributed by atoms with Gasteiger partial charge >= 0.3 is 0 Å². The number of piperidine rings is 1. The number of likely N-dealkylation sites (tertiary alicyclic amines) is 2. The highest BCUT2D eigenvalue weighted by Gasteiger charge is 2.23. The van der Waals surface area contributed by atoms with E-state index in [-0.39, 0.29) is 0 Å². The fourth-order valence-corrected chi connectivity index (χ4v) is 3.98. The average molecular weight is 332 g/mol. The Kier molecular flexibility index (Phi) is 5.93. The van der Waals surface area contributed by atoms with Crippen LogP contribution in [0.15, 0.2) is 12.4 Å². The largest absolute Gasteiger partial charge is 0.343 e. The van der Waals surface area contributed by atoms with Gasteiger partial charge in [-0.25, -0.2) is 0 Å². The lowest BCUT2D eigenvalue weighted by Crippen LogP contribution is -2.35. The van der Waals surface area contributed by atoms with E-state index >= 15 is 0 Å². The van der Waals surface area contributed by atoms with E-state index in [0.717, 1.165) is 39.0 Å². The van der Waals surface area contributed by atoms with Gasteiger partial charge in [0.25, 0.3) is 0 Å². The number of hydrogen-bond donors (Lipinski definition) is 0. The summed E-state index contributed by atoms with van der Waals surface area (Å²) < 4.78 is 2.03. The molecule has 1 atom stereocenters. The Balaban J connectivity index is 1.44. The Morgan fingerprint density at radius 2 is 2.04 bits per heavy atom. The van der Waals surface area contributed by atoms with Crippen LogP contribution in [-0.2, 0) is 11.3 Å². The molecule has 0 aliphatic carbocycles. The fourth-order valence-electron chi connectivity index (χ4n) is 3.98. The van der Waals surface area contributed by atoms with Gasteiger partial charge in [0.2, 0.25) is 5.91 Å². The van der Waals surface area contributed by atoms with Gasteiger partial charge in [-0.2, -0.15) is 5.10 Å². The van der Waals surface area contributed by atoms with Crippen LogP contribution in [0.4, 0.5) is 0 Å². The van der Waals surface area contributed by atoms with Crippen molar-refractivity contribution in [1.29, 1.82) is 0 Å². The molecular weight excluding hydrogens is 300 g/mol. The van der Waals surface area contributed by atoms with Crippen LogP contribution in [0.5, 0.6) is 0 Å². The molecular formula is C19H32N4O. The van der Waals surface area contributed by atoms with Crippen LogP contribution in [0.3, 0.4) is 0 Å². The monoisotopic (exact) mass is 332 g/mol. The quantitative estimate of drug-likeness (QED) is 0.804. The van der Waals surface area contributed by atoms with Crippen molar-refractivity contribution >= 4 is 5.91 Å². The minimum atomic E-state index is 0.378. The molecule has 2 aliphatic heterocycles. The highest BCUT2D eigenvalue weighted by Crippen LogP contribution is 2.23. The molecule has 134 valence electrons. The number of aromatic nitrogens is 2. The van der Waals surface area contributed by atoms with Crippen molar-refractivity contribution in [2.24, 2.45) is 5.92 Å². The first-order valence-corrected chi connectivity index (χ1v) is 9.65. The molecule has 3 heterocycles. The van der Waals surface area contributed by atoms with E-state index in [1.165, 1.54) is 37.8 Å². The smallest absolute Gasteiger partial charge is 0.222 e. The Morgan fingerprint density at radius 1 is 1.25 bits per heavy atom. The Morgan fingerprint density at radius 3 is 2.75 bits per heavy atom. The SMILES string of the molecule is CC(C)n1cc(CN2CCCC(CCC(=O)N3CCCC3)C2)cn1. The predicted molar refractivity (Wildman–Crippen MR) is 95.7 cm³/mol. The van der Waals surface area contributed by atoms with Gasteiger partial charge in [-0.3, -0.25) is 14.4 Å². The summed E-state index contributed by atoms with van der Waals surface area (Å²) in [5, 5.41) is 4.44. The van der Waals surface area contributed by atoms with Gasteiger partial charge in [0.15, 0.2) is 0 Å². The normalized spacial score (nSPS) is 22.5. The van der Waals surface area contributed by atoms with E-state index in [1.54, 1.807) is 0 Å². The maximum Gasteiger partial charge on any atom is 0.222 e. The molecule has 2 aliphatic rings. The van der Waals surface area contributed by atoms with Crippen molar-refractivity contribution in [2.75, 3.05) is 26.2 Å². The summed E-state index contributed by atoms with van der Waals surface area (Å²) in [5.41, 5.74) is 1.30. The van der Waals surface area contributed by atoms with Crippen molar-refractivity contribution in [3.63, 3.8) is 0 Å². The second kappa shape index (κ2) is 8.15. The second-order valence-electron chi connectivity index (χ2n) is 7.79. The van der Waals surface area contributed by atoms with E-state index in [0.29, 0.717) is 17.9 Å². The molecule has 0 radical (unpaired) electrons. The molecule has 3 rings (SSSR count). The van der Waals surface area contributed by atoms with Crippen LogP contribution in [0, 0.1) is 5.92 Å². The molecule has 0 aromatic carbocycles.